The molecule has 1 aliphatic rings. The van der Waals surface area contributed by atoms with Crippen LogP contribution in [0, 0.1) is 5.92 Å². The van der Waals surface area contributed by atoms with Crippen LogP contribution in [-0.4, -0.2) is 38.4 Å². The van der Waals surface area contributed by atoms with Gasteiger partial charge in [-0.3, -0.25) is 4.79 Å². The fraction of sp³-hybridized carbons (Fsp3) is 0.909. The van der Waals surface area contributed by atoms with E-state index in [2.05, 4.69) is 0 Å². The molecular formula is C11H20O5. The van der Waals surface area contributed by atoms with Gasteiger partial charge in [0.05, 0.1) is 13.2 Å². The van der Waals surface area contributed by atoms with Gasteiger partial charge in [0.2, 0.25) is 0 Å². The average Bonchev–Trinajstić information content (AvgIpc) is 2.63. The normalized spacial score (nSPS) is 23.3. The molecule has 0 radical (unpaired) electrons. The summed E-state index contributed by atoms with van der Waals surface area (Å²) in [6.07, 6.45) is 0.568. The Morgan fingerprint density at radius 1 is 1.25 bits per heavy atom. The van der Waals surface area contributed by atoms with Gasteiger partial charge in [-0.2, -0.15) is 0 Å². The van der Waals surface area contributed by atoms with Crippen LogP contribution < -0.4 is 0 Å². The van der Waals surface area contributed by atoms with Gasteiger partial charge in [0.25, 0.3) is 5.97 Å². The second kappa shape index (κ2) is 6.18. The van der Waals surface area contributed by atoms with Gasteiger partial charge in [0, 0.05) is 13.2 Å². The summed E-state index contributed by atoms with van der Waals surface area (Å²) in [5, 5.41) is 0. The van der Waals surface area contributed by atoms with Crippen molar-refractivity contribution in [3.05, 3.63) is 0 Å². The summed E-state index contributed by atoms with van der Waals surface area (Å²) in [6.45, 7) is 7.10. The van der Waals surface area contributed by atoms with Crippen molar-refractivity contribution < 1.29 is 23.7 Å². The monoisotopic (exact) mass is 232 g/mol. The minimum atomic E-state index is -1.24. The highest BCUT2D eigenvalue weighted by Crippen LogP contribution is 2.35. The molecule has 0 bridgehead atoms. The van der Waals surface area contributed by atoms with E-state index in [1.54, 1.807) is 6.92 Å². The predicted octanol–water partition coefficient (Wildman–Crippen LogP) is 1.31. The highest BCUT2D eigenvalue weighted by molar-refractivity contribution is 5.73. The third-order valence-electron chi connectivity index (χ3n) is 2.40. The lowest BCUT2D eigenvalue weighted by molar-refractivity contribution is -0.373. The third kappa shape index (κ3) is 2.72. The summed E-state index contributed by atoms with van der Waals surface area (Å²) in [7, 11) is 0. The van der Waals surface area contributed by atoms with E-state index in [-0.39, 0.29) is 5.97 Å². The van der Waals surface area contributed by atoms with E-state index in [4.69, 9.17) is 18.9 Å². The van der Waals surface area contributed by atoms with Crippen LogP contribution in [0.4, 0.5) is 0 Å². The number of hydrogen-bond donors (Lipinski definition) is 0. The second-order valence-corrected chi connectivity index (χ2v) is 3.41. The van der Waals surface area contributed by atoms with Crippen LogP contribution in [-0.2, 0) is 23.7 Å². The Kier molecular flexibility index (Phi) is 5.18. The molecule has 0 N–H and O–H groups in total. The largest absolute Gasteiger partial charge is 0.466 e. The molecule has 94 valence electrons. The maximum absolute atomic E-state index is 11.7. The van der Waals surface area contributed by atoms with Gasteiger partial charge in [-0.05, 0) is 27.2 Å². The molecule has 5 heteroatoms. The van der Waals surface area contributed by atoms with E-state index in [0.717, 1.165) is 0 Å². The molecule has 5 nitrogen and oxygen atoms in total. The lowest BCUT2D eigenvalue weighted by atomic mass is 10.1. The first-order chi connectivity index (χ1) is 7.70. The van der Waals surface area contributed by atoms with Crippen molar-refractivity contribution in [3.63, 3.8) is 0 Å². The van der Waals surface area contributed by atoms with E-state index < -0.39 is 11.9 Å². The smallest absolute Gasteiger partial charge is 0.317 e. The zero-order chi connectivity index (χ0) is 12.0. The summed E-state index contributed by atoms with van der Waals surface area (Å²) in [5.74, 6) is -2.05. The Bertz CT molecular complexity index is 222. The first kappa shape index (κ1) is 13.4. The molecule has 0 aromatic heterocycles. The maximum Gasteiger partial charge on any atom is 0.317 e. The lowest BCUT2D eigenvalue weighted by Gasteiger charge is -2.31. The topological polar surface area (TPSA) is 54.0 Å². The Morgan fingerprint density at radius 2 is 1.88 bits per heavy atom. The van der Waals surface area contributed by atoms with Crippen molar-refractivity contribution in [2.45, 2.75) is 33.2 Å². The molecule has 0 saturated carbocycles. The fourth-order valence-electron chi connectivity index (χ4n) is 1.83. The molecule has 1 fully saturated rings. The molecule has 0 amide bonds. The number of ether oxygens (including phenoxy) is 4. The summed E-state index contributed by atoms with van der Waals surface area (Å²) in [6, 6.07) is 0. The molecule has 1 rings (SSSR count). The van der Waals surface area contributed by atoms with Crippen molar-refractivity contribution in [1.29, 1.82) is 0 Å². The molecule has 1 heterocycles. The molecule has 1 atom stereocenters. The van der Waals surface area contributed by atoms with E-state index in [1.807, 2.05) is 13.8 Å². The van der Waals surface area contributed by atoms with Crippen LogP contribution in [0.1, 0.15) is 27.2 Å². The van der Waals surface area contributed by atoms with E-state index in [9.17, 15) is 4.79 Å². The molecule has 0 aromatic carbocycles. The van der Waals surface area contributed by atoms with Gasteiger partial charge in [0.15, 0.2) is 0 Å². The van der Waals surface area contributed by atoms with Crippen molar-refractivity contribution in [3.8, 4) is 0 Å². The molecule has 0 aromatic rings. The molecule has 1 aliphatic heterocycles. The summed E-state index contributed by atoms with van der Waals surface area (Å²) < 4.78 is 21.4. The van der Waals surface area contributed by atoms with Crippen LogP contribution in [0.15, 0.2) is 0 Å². The molecule has 0 spiro atoms. The molecule has 16 heavy (non-hydrogen) atoms. The number of rotatable bonds is 6. The quantitative estimate of drug-likeness (QED) is 0.510. The zero-order valence-electron chi connectivity index (χ0n) is 10.2. The number of hydrogen-bond acceptors (Lipinski definition) is 5. The summed E-state index contributed by atoms with van der Waals surface area (Å²) in [5.41, 5.74) is 0. The van der Waals surface area contributed by atoms with E-state index in [1.165, 1.54) is 0 Å². The van der Waals surface area contributed by atoms with Crippen molar-refractivity contribution in [2.24, 2.45) is 5.92 Å². The number of carbonyl (C=O) groups excluding carboxylic acids is 1. The van der Waals surface area contributed by atoms with Crippen LogP contribution >= 0.6 is 0 Å². The second-order valence-electron chi connectivity index (χ2n) is 3.41. The predicted molar refractivity (Wildman–Crippen MR) is 56.7 cm³/mol. The first-order valence-electron chi connectivity index (χ1n) is 5.78. The van der Waals surface area contributed by atoms with Crippen LogP contribution in [0.3, 0.4) is 0 Å². The summed E-state index contributed by atoms with van der Waals surface area (Å²) >= 11 is 0. The van der Waals surface area contributed by atoms with Crippen LogP contribution in [0.25, 0.3) is 0 Å². The third-order valence-corrected chi connectivity index (χ3v) is 2.40. The average molecular weight is 232 g/mol. The lowest BCUT2D eigenvalue weighted by Crippen LogP contribution is -2.45. The highest BCUT2D eigenvalue weighted by atomic mass is 16.9. The first-order valence-corrected chi connectivity index (χ1v) is 5.78. The van der Waals surface area contributed by atoms with Crippen molar-refractivity contribution in [1.82, 2.24) is 0 Å². The highest BCUT2D eigenvalue weighted by Gasteiger charge is 2.51. The fourth-order valence-corrected chi connectivity index (χ4v) is 1.83. The van der Waals surface area contributed by atoms with Gasteiger partial charge in [-0.1, -0.05) is 0 Å². The SMILES string of the molecule is CCOC(=O)C1CCOC1(OCC)OCC. The molecule has 0 aliphatic carbocycles. The molecule has 1 unspecified atom stereocenters. The van der Waals surface area contributed by atoms with Crippen molar-refractivity contribution >= 4 is 5.97 Å². The maximum atomic E-state index is 11.7. The minimum Gasteiger partial charge on any atom is -0.466 e. The van der Waals surface area contributed by atoms with Gasteiger partial charge >= 0.3 is 5.97 Å². The number of carbonyl (C=O) groups is 1. The zero-order valence-corrected chi connectivity index (χ0v) is 10.2. The van der Waals surface area contributed by atoms with Gasteiger partial charge in [-0.25, -0.2) is 0 Å². The number of esters is 1. The Balaban J connectivity index is 2.75. The van der Waals surface area contributed by atoms with Gasteiger partial charge in [-0.15, -0.1) is 0 Å². The van der Waals surface area contributed by atoms with Crippen LogP contribution in [0.2, 0.25) is 0 Å². The standard InChI is InChI=1S/C11H20O5/c1-4-13-10(12)9-7-8-16-11(9,14-5-2)15-6-3/h9H,4-8H2,1-3H3. The van der Waals surface area contributed by atoms with E-state index >= 15 is 0 Å². The molecular weight excluding hydrogens is 212 g/mol. The Hall–Kier alpha value is -0.650. The van der Waals surface area contributed by atoms with E-state index in [0.29, 0.717) is 32.8 Å². The Labute approximate surface area is 96.0 Å². The van der Waals surface area contributed by atoms with Gasteiger partial charge in [0.1, 0.15) is 5.92 Å². The van der Waals surface area contributed by atoms with Gasteiger partial charge < -0.3 is 18.9 Å². The minimum absolute atomic E-state index is 0.318. The summed E-state index contributed by atoms with van der Waals surface area (Å²) in [4.78, 5) is 11.7. The Morgan fingerprint density at radius 3 is 2.38 bits per heavy atom. The van der Waals surface area contributed by atoms with Crippen LogP contribution in [0.5, 0.6) is 0 Å². The van der Waals surface area contributed by atoms with Crippen molar-refractivity contribution in [2.75, 3.05) is 26.4 Å². The molecule has 1 saturated heterocycles.